The average Bonchev–Trinajstić information content (AvgIpc) is 3.29. The van der Waals surface area contributed by atoms with Gasteiger partial charge in [0.05, 0.1) is 12.3 Å². The van der Waals surface area contributed by atoms with Crippen LogP contribution in [0.4, 0.5) is 0 Å². The maximum absolute atomic E-state index is 5.41. The molecule has 1 saturated heterocycles. The summed E-state index contributed by atoms with van der Waals surface area (Å²) in [5.41, 5.74) is 0. The molecule has 2 aliphatic rings. The van der Waals surface area contributed by atoms with E-state index in [1.807, 2.05) is 21.7 Å². The van der Waals surface area contributed by atoms with Gasteiger partial charge in [-0.05, 0) is 48.2 Å². The molecule has 7 heteroatoms. The van der Waals surface area contributed by atoms with Crippen molar-refractivity contribution in [2.45, 2.75) is 51.2 Å². The molecule has 2 aromatic heterocycles. The largest absolute Gasteiger partial charge is 0.467 e. The smallest absolute Gasteiger partial charge is 0.206 e. The Morgan fingerprint density at radius 3 is 2.71 bits per heavy atom. The van der Waals surface area contributed by atoms with Gasteiger partial charge in [0.2, 0.25) is 5.82 Å². The van der Waals surface area contributed by atoms with Crippen LogP contribution in [0.5, 0.6) is 0 Å². The number of tetrazole rings is 1. The highest BCUT2D eigenvalue weighted by Gasteiger charge is 2.31. The molecule has 0 atom stereocenters. The van der Waals surface area contributed by atoms with Gasteiger partial charge in [-0.15, -0.1) is 5.10 Å². The second-order valence-corrected chi connectivity index (χ2v) is 7.25. The van der Waals surface area contributed by atoms with Gasteiger partial charge in [-0.3, -0.25) is 0 Å². The Morgan fingerprint density at radius 1 is 1.12 bits per heavy atom. The second kappa shape index (κ2) is 7.44. The van der Waals surface area contributed by atoms with Crippen molar-refractivity contribution in [1.29, 1.82) is 0 Å². The molecule has 0 aromatic carbocycles. The lowest BCUT2D eigenvalue weighted by Gasteiger charge is -2.36. The first-order valence-electron chi connectivity index (χ1n) is 9.34. The van der Waals surface area contributed by atoms with Crippen molar-refractivity contribution in [1.82, 2.24) is 20.2 Å². The van der Waals surface area contributed by atoms with E-state index in [-0.39, 0.29) is 0 Å². The third-order valence-electron chi connectivity index (χ3n) is 5.68. The maximum Gasteiger partial charge on any atom is 0.206 e. The molecule has 7 nitrogen and oxygen atoms in total. The first kappa shape index (κ1) is 15.8. The number of nitrogens with one attached hydrogen (secondary N) is 2. The topological polar surface area (TPSA) is 65.6 Å². The summed E-state index contributed by atoms with van der Waals surface area (Å²) >= 11 is 0. The van der Waals surface area contributed by atoms with Crippen LogP contribution in [0.15, 0.2) is 22.8 Å². The van der Waals surface area contributed by atoms with E-state index in [1.165, 1.54) is 58.3 Å². The summed E-state index contributed by atoms with van der Waals surface area (Å²) in [6.07, 6.45) is 8.88. The molecule has 4 rings (SSSR count). The molecule has 1 saturated carbocycles. The van der Waals surface area contributed by atoms with Crippen LogP contribution in [-0.4, -0.2) is 52.4 Å². The Labute approximate surface area is 142 Å². The van der Waals surface area contributed by atoms with Gasteiger partial charge in [-0.25, -0.2) is 4.68 Å². The Balaban J connectivity index is 1.30. The molecule has 0 amide bonds. The first-order chi connectivity index (χ1) is 11.9. The number of quaternary nitrogens is 2. The Bertz CT molecular complexity index is 611. The Morgan fingerprint density at radius 2 is 1.96 bits per heavy atom. The predicted molar refractivity (Wildman–Crippen MR) is 87.6 cm³/mol. The molecule has 1 aliphatic carbocycles. The van der Waals surface area contributed by atoms with E-state index in [1.54, 1.807) is 11.2 Å². The zero-order chi connectivity index (χ0) is 16.2. The van der Waals surface area contributed by atoms with E-state index >= 15 is 0 Å². The van der Waals surface area contributed by atoms with Gasteiger partial charge in [0, 0.05) is 0 Å². The van der Waals surface area contributed by atoms with Crippen LogP contribution in [0.1, 0.15) is 43.7 Å². The van der Waals surface area contributed by atoms with E-state index in [0.29, 0.717) is 6.54 Å². The van der Waals surface area contributed by atoms with Crippen LogP contribution in [-0.2, 0) is 13.1 Å². The lowest BCUT2D eigenvalue weighted by Crippen LogP contribution is -3.29. The standard InChI is InChI=1S/C17H26N6O/c1-2-5-15(6-3-1)22-10-8-21(9-11-22)14-17-18-19-20-23(17)13-16-7-4-12-24-16/h4,7,12,15H,1-3,5-6,8-11,13-14H2/p+2. The molecule has 3 heterocycles. The van der Waals surface area contributed by atoms with Crippen molar-refractivity contribution in [2.75, 3.05) is 26.2 Å². The zero-order valence-electron chi connectivity index (χ0n) is 14.3. The maximum atomic E-state index is 5.41. The molecular weight excluding hydrogens is 304 g/mol. The Kier molecular flexibility index (Phi) is 4.89. The van der Waals surface area contributed by atoms with Crippen LogP contribution < -0.4 is 9.80 Å². The zero-order valence-corrected chi connectivity index (χ0v) is 14.3. The minimum atomic E-state index is 0.613. The number of furan rings is 1. The normalized spacial score (nSPS) is 25.8. The van der Waals surface area contributed by atoms with Crippen LogP contribution in [0.3, 0.4) is 0 Å². The number of hydrogen-bond acceptors (Lipinski definition) is 4. The quantitative estimate of drug-likeness (QED) is 0.732. The molecule has 1 aliphatic heterocycles. The fourth-order valence-electron chi connectivity index (χ4n) is 4.27. The summed E-state index contributed by atoms with van der Waals surface area (Å²) in [6, 6.07) is 4.78. The van der Waals surface area contributed by atoms with Crippen LogP contribution in [0, 0.1) is 0 Å². The van der Waals surface area contributed by atoms with E-state index < -0.39 is 0 Å². The highest BCUT2D eigenvalue weighted by Crippen LogP contribution is 2.15. The van der Waals surface area contributed by atoms with Crippen molar-refractivity contribution in [2.24, 2.45) is 0 Å². The Hall–Kier alpha value is -1.73. The van der Waals surface area contributed by atoms with Gasteiger partial charge < -0.3 is 14.2 Å². The highest BCUT2D eigenvalue weighted by atomic mass is 16.3. The summed E-state index contributed by atoms with van der Waals surface area (Å²) in [5.74, 6) is 1.85. The second-order valence-electron chi connectivity index (χ2n) is 7.25. The van der Waals surface area contributed by atoms with Crippen LogP contribution >= 0.6 is 0 Å². The molecule has 2 aromatic rings. The molecule has 2 fully saturated rings. The SMILES string of the molecule is c1coc(Cn2nnnc2C[NH+]2CC[NH+](C3CCCCC3)CC2)c1. The number of piperazine rings is 1. The molecular formula is C17H28N6O+2. The molecule has 2 N–H and O–H groups in total. The summed E-state index contributed by atoms with van der Waals surface area (Å²) in [5, 5.41) is 12.2. The van der Waals surface area contributed by atoms with Crippen LogP contribution in [0.2, 0.25) is 0 Å². The molecule has 24 heavy (non-hydrogen) atoms. The van der Waals surface area contributed by atoms with Crippen LogP contribution in [0.25, 0.3) is 0 Å². The monoisotopic (exact) mass is 332 g/mol. The van der Waals surface area contributed by atoms with Crippen molar-refractivity contribution >= 4 is 0 Å². The summed E-state index contributed by atoms with van der Waals surface area (Å²) in [4.78, 5) is 3.44. The first-order valence-corrected chi connectivity index (χ1v) is 9.34. The third kappa shape index (κ3) is 3.67. The molecule has 0 bridgehead atoms. The number of hydrogen-bond donors (Lipinski definition) is 2. The third-order valence-corrected chi connectivity index (χ3v) is 5.68. The predicted octanol–water partition coefficient (Wildman–Crippen LogP) is -1.07. The lowest BCUT2D eigenvalue weighted by molar-refractivity contribution is -1.03. The van der Waals surface area contributed by atoms with E-state index in [2.05, 4.69) is 15.5 Å². The number of rotatable bonds is 5. The summed E-state index contributed by atoms with van der Waals surface area (Å²) in [7, 11) is 0. The summed E-state index contributed by atoms with van der Waals surface area (Å²) < 4.78 is 7.27. The van der Waals surface area contributed by atoms with Gasteiger partial charge in [0.25, 0.3) is 0 Å². The van der Waals surface area contributed by atoms with Crippen molar-refractivity contribution in [3.63, 3.8) is 0 Å². The van der Waals surface area contributed by atoms with Gasteiger partial charge in [-0.1, -0.05) is 6.42 Å². The highest BCUT2D eigenvalue weighted by molar-refractivity contribution is 4.99. The van der Waals surface area contributed by atoms with Crippen molar-refractivity contribution in [3.05, 3.63) is 30.0 Å². The van der Waals surface area contributed by atoms with E-state index in [4.69, 9.17) is 4.42 Å². The lowest BCUT2D eigenvalue weighted by atomic mass is 9.94. The van der Waals surface area contributed by atoms with Gasteiger partial charge >= 0.3 is 0 Å². The molecule has 130 valence electrons. The fourth-order valence-corrected chi connectivity index (χ4v) is 4.27. The van der Waals surface area contributed by atoms with Gasteiger partial charge in [0.1, 0.15) is 45.0 Å². The van der Waals surface area contributed by atoms with Gasteiger partial charge in [-0.2, -0.15) is 0 Å². The summed E-state index contributed by atoms with van der Waals surface area (Å²) in [6.45, 7) is 6.55. The van der Waals surface area contributed by atoms with Crippen molar-refractivity contribution in [3.8, 4) is 0 Å². The van der Waals surface area contributed by atoms with E-state index in [0.717, 1.165) is 24.2 Å². The molecule has 0 unspecified atom stereocenters. The minimum Gasteiger partial charge on any atom is -0.467 e. The average molecular weight is 332 g/mol. The van der Waals surface area contributed by atoms with Crippen molar-refractivity contribution < 1.29 is 14.2 Å². The fraction of sp³-hybridized carbons (Fsp3) is 0.706. The molecule has 0 spiro atoms. The van der Waals surface area contributed by atoms with E-state index in [9.17, 15) is 0 Å². The minimum absolute atomic E-state index is 0.613. The number of aromatic nitrogens is 4. The number of nitrogens with zero attached hydrogens (tertiary/aromatic N) is 4. The molecule has 0 radical (unpaired) electrons. The van der Waals surface area contributed by atoms with Gasteiger partial charge in [0.15, 0.2) is 0 Å².